The molecule has 0 aliphatic carbocycles. The van der Waals surface area contributed by atoms with Gasteiger partial charge in [0.05, 0.1) is 21.5 Å². The van der Waals surface area contributed by atoms with Gasteiger partial charge < -0.3 is 5.11 Å². The molecule has 0 amide bonds. The molecule has 0 aliphatic rings. The van der Waals surface area contributed by atoms with Crippen molar-refractivity contribution >= 4 is 15.9 Å². The van der Waals surface area contributed by atoms with Crippen LogP contribution in [0.3, 0.4) is 0 Å². The first-order valence-electron chi connectivity index (χ1n) is 6.43. The van der Waals surface area contributed by atoms with E-state index in [1.165, 1.54) is 12.1 Å². The lowest BCUT2D eigenvalue weighted by molar-refractivity contribution is 0.0586. The van der Waals surface area contributed by atoms with E-state index in [4.69, 9.17) is 0 Å². The van der Waals surface area contributed by atoms with E-state index < -0.39 is 5.60 Å². The quantitative estimate of drug-likeness (QED) is 0.928. The number of benzene rings is 1. The average Bonchev–Trinajstić information content (AvgIpc) is 2.55. The first-order valence-corrected chi connectivity index (χ1v) is 7.22. The normalized spacial score (nSPS) is 14.3. The van der Waals surface area contributed by atoms with Crippen molar-refractivity contribution in [3.05, 3.63) is 51.5 Å². The Kier molecular flexibility index (Phi) is 4.30. The van der Waals surface area contributed by atoms with Crippen molar-refractivity contribution < 1.29 is 9.50 Å². The number of nitrogens with zero attached hydrogens (tertiary/aromatic N) is 2. The molecule has 0 saturated heterocycles. The van der Waals surface area contributed by atoms with Crippen LogP contribution in [0, 0.1) is 12.7 Å². The molecule has 0 bridgehead atoms. The third-order valence-electron chi connectivity index (χ3n) is 3.28. The molecule has 2 rings (SSSR count). The highest BCUT2D eigenvalue weighted by atomic mass is 79.9. The molecule has 1 N–H and O–H groups in total. The summed E-state index contributed by atoms with van der Waals surface area (Å²) in [4.78, 5) is 0. The Balaban J connectivity index is 2.18. The molecule has 1 unspecified atom stereocenters. The fourth-order valence-corrected chi connectivity index (χ4v) is 2.86. The standard InChI is InChI=1S/C15H18BrFN2O/c1-10-14(16)13(19(3)18-10)9-15(2,20)8-11-5-4-6-12(17)7-11/h4-7,20H,8-9H2,1-3H3. The summed E-state index contributed by atoms with van der Waals surface area (Å²) < 4.78 is 15.9. The highest BCUT2D eigenvalue weighted by Crippen LogP contribution is 2.26. The van der Waals surface area contributed by atoms with E-state index in [9.17, 15) is 9.50 Å². The third kappa shape index (κ3) is 3.46. The minimum absolute atomic E-state index is 0.282. The van der Waals surface area contributed by atoms with Gasteiger partial charge >= 0.3 is 0 Å². The SMILES string of the molecule is Cc1nn(C)c(CC(C)(O)Cc2cccc(F)c2)c1Br. The minimum atomic E-state index is -0.962. The first-order chi connectivity index (χ1) is 9.28. The van der Waals surface area contributed by atoms with Crippen LogP contribution in [0.4, 0.5) is 4.39 Å². The van der Waals surface area contributed by atoms with Crippen molar-refractivity contribution in [1.82, 2.24) is 9.78 Å². The summed E-state index contributed by atoms with van der Waals surface area (Å²) in [5, 5.41) is 14.9. The van der Waals surface area contributed by atoms with E-state index in [1.54, 1.807) is 17.7 Å². The first kappa shape index (κ1) is 15.2. The summed E-state index contributed by atoms with van der Waals surface area (Å²) in [6, 6.07) is 6.34. The van der Waals surface area contributed by atoms with E-state index in [2.05, 4.69) is 21.0 Å². The summed E-state index contributed by atoms with van der Waals surface area (Å²) in [5.74, 6) is -0.282. The lowest BCUT2D eigenvalue weighted by atomic mass is 9.91. The topological polar surface area (TPSA) is 38.0 Å². The number of aryl methyl sites for hydroxylation is 2. The van der Waals surface area contributed by atoms with E-state index in [-0.39, 0.29) is 5.82 Å². The number of aliphatic hydroxyl groups is 1. The van der Waals surface area contributed by atoms with Crippen LogP contribution in [0.5, 0.6) is 0 Å². The molecular formula is C15H18BrFN2O. The minimum Gasteiger partial charge on any atom is -0.389 e. The van der Waals surface area contributed by atoms with Gasteiger partial charge in [-0.1, -0.05) is 12.1 Å². The molecule has 0 saturated carbocycles. The maximum absolute atomic E-state index is 13.2. The van der Waals surface area contributed by atoms with E-state index >= 15 is 0 Å². The van der Waals surface area contributed by atoms with E-state index in [1.807, 2.05) is 20.0 Å². The average molecular weight is 341 g/mol. The van der Waals surface area contributed by atoms with Crippen LogP contribution < -0.4 is 0 Å². The highest BCUT2D eigenvalue weighted by molar-refractivity contribution is 9.10. The van der Waals surface area contributed by atoms with Gasteiger partial charge in [0.15, 0.2) is 0 Å². The van der Waals surface area contributed by atoms with Crippen molar-refractivity contribution in [1.29, 1.82) is 0 Å². The number of hydrogen-bond donors (Lipinski definition) is 1. The van der Waals surface area contributed by atoms with Gasteiger partial charge in [0.1, 0.15) is 5.82 Å². The predicted molar refractivity (Wildman–Crippen MR) is 80.1 cm³/mol. The zero-order valence-electron chi connectivity index (χ0n) is 11.8. The summed E-state index contributed by atoms with van der Waals surface area (Å²) >= 11 is 3.50. The van der Waals surface area contributed by atoms with Gasteiger partial charge in [-0.05, 0) is 47.5 Å². The lowest BCUT2D eigenvalue weighted by Gasteiger charge is -2.23. The molecule has 1 aromatic heterocycles. The van der Waals surface area contributed by atoms with Gasteiger partial charge in [-0.25, -0.2) is 4.39 Å². The van der Waals surface area contributed by atoms with Crippen LogP contribution in [0.2, 0.25) is 0 Å². The van der Waals surface area contributed by atoms with Crippen molar-refractivity contribution in [2.75, 3.05) is 0 Å². The fourth-order valence-electron chi connectivity index (χ4n) is 2.38. The largest absolute Gasteiger partial charge is 0.389 e. The van der Waals surface area contributed by atoms with Crippen molar-refractivity contribution in [2.24, 2.45) is 7.05 Å². The Labute approximate surface area is 126 Å². The van der Waals surface area contributed by atoms with Crippen molar-refractivity contribution in [3.63, 3.8) is 0 Å². The monoisotopic (exact) mass is 340 g/mol. The Bertz CT molecular complexity index is 622. The number of hydrogen-bond acceptors (Lipinski definition) is 2. The second-order valence-corrected chi connectivity index (χ2v) is 6.24. The van der Waals surface area contributed by atoms with Gasteiger partial charge in [-0.3, -0.25) is 4.68 Å². The molecule has 1 heterocycles. The Hall–Kier alpha value is -1.20. The van der Waals surface area contributed by atoms with Crippen molar-refractivity contribution in [2.45, 2.75) is 32.3 Å². The Morgan fingerprint density at radius 1 is 1.40 bits per heavy atom. The molecule has 0 aliphatic heterocycles. The third-order valence-corrected chi connectivity index (χ3v) is 4.32. The van der Waals surface area contributed by atoms with E-state index in [0.717, 1.165) is 21.4 Å². The zero-order chi connectivity index (χ0) is 14.9. The maximum atomic E-state index is 13.2. The summed E-state index contributed by atoms with van der Waals surface area (Å²) in [7, 11) is 1.85. The molecule has 20 heavy (non-hydrogen) atoms. The molecule has 108 valence electrons. The lowest BCUT2D eigenvalue weighted by Crippen LogP contribution is -2.31. The van der Waals surface area contributed by atoms with Gasteiger partial charge in [0.2, 0.25) is 0 Å². The number of halogens is 2. The summed E-state index contributed by atoms with van der Waals surface area (Å²) in [5.41, 5.74) is 1.65. The predicted octanol–water partition coefficient (Wildman–Crippen LogP) is 3.17. The number of aromatic nitrogens is 2. The van der Waals surface area contributed by atoms with Crippen LogP contribution in [0.1, 0.15) is 23.9 Å². The summed E-state index contributed by atoms with van der Waals surface area (Å²) in [6.07, 6.45) is 0.836. The molecule has 3 nitrogen and oxygen atoms in total. The van der Waals surface area contributed by atoms with Crippen LogP contribution in [-0.2, 0) is 19.9 Å². The number of rotatable bonds is 4. The van der Waals surface area contributed by atoms with Crippen molar-refractivity contribution in [3.8, 4) is 0 Å². The molecule has 5 heteroatoms. The smallest absolute Gasteiger partial charge is 0.123 e. The van der Waals surface area contributed by atoms with Crippen LogP contribution in [-0.4, -0.2) is 20.5 Å². The molecular weight excluding hydrogens is 323 g/mol. The molecule has 0 fully saturated rings. The fraction of sp³-hybridized carbons (Fsp3) is 0.400. The molecule has 1 aromatic carbocycles. The maximum Gasteiger partial charge on any atom is 0.123 e. The Morgan fingerprint density at radius 3 is 2.65 bits per heavy atom. The molecule has 0 radical (unpaired) electrons. The molecule has 0 spiro atoms. The van der Waals surface area contributed by atoms with Gasteiger partial charge in [-0.15, -0.1) is 0 Å². The van der Waals surface area contributed by atoms with Gasteiger partial charge in [0, 0.05) is 19.9 Å². The zero-order valence-corrected chi connectivity index (χ0v) is 13.4. The second-order valence-electron chi connectivity index (χ2n) is 5.45. The molecule has 1 atom stereocenters. The Morgan fingerprint density at radius 2 is 2.10 bits per heavy atom. The highest BCUT2D eigenvalue weighted by Gasteiger charge is 2.25. The van der Waals surface area contributed by atoms with Gasteiger partial charge in [0.25, 0.3) is 0 Å². The van der Waals surface area contributed by atoms with Crippen LogP contribution in [0.25, 0.3) is 0 Å². The van der Waals surface area contributed by atoms with Gasteiger partial charge in [-0.2, -0.15) is 5.10 Å². The summed E-state index contributed by atoms with van der Waals surface area (Å²) in [6.45, 7) is 3.67. The van der Waals surface area contributed by atoms with Crippen LogP contribution >= 0.6 is 15.9 Å². The van der Waals surface area contributed by atoms with Crippen LogP contribution in [0.15, 0.2) is 28.7 Å². The second kappa shape index (κ2) is 5.66. The molecule has 2 aromatic rings. The van der Waals surface area contributed by atoms with E-state index in [0.29, 0.717) is 12.8 Å².